The van der Waals surface area contributed by atoms with Gasteiger partial charge in [-0.05, 0) is 25.0 Å². The number of nitrogens with two attached hydrogens (primary N) is 1. The molecule has 1 aliphatic rings. The highest BCUT2D eigenvalue weighted by Gasteiger charge is 2.18. The maximum absolute atomic E-state index is 5.84. The van der Waals surface area contributed by atoms with Crippen molar-refractivity contribution in [2.75, 3.05) is 5.75 Å². The molecule has 0 aromatic rings. The molecule has 0 spiro atoms. The summed E-state index contributed by atoms with van der Waals surface area (Å²) in [5.74, 6) is 1.25. The van der Waals surface area contributed by atoms with Gasteiger partial charge >= 0.3 is 0 Å². The summed E-state index contributed by atoms with van der Waals surface area (Å²) in [6, 6.07) is 0.498. The van der Waals surface area contributed by atoms with Crippen molar-refractivity contribution in [1.29, 1.82) is 0 Å². The molecule has 1 saturated carbocycles. The smallest absolute Gasteiger partial charge is 0.00616 e. The minimum atomic E-state index is 0.498. The Morgan fingerprint density at radius 2 is 2.30 bits per heavy atom. The standard InChI is InChI=1S/C8H17NS/c1-2-10-8-5-3-4-7(9)6-8/h7-8H,2-6,9H2,1H3/t7-,8-/m0/s1. The minimum Gasteiger partial charge on any atom is -0.328 e. The van der Waals surface area contributed by atoms with E-state index in [1.54, 1.807) is 0 Å². The van der Waals surface area contributed by atoms with Crippen LogP contribution >= 0.6 is 11.8 Å². The van der Waals surface area contributed by atoms with Gasteiger partial charge in [0.1, 0.15) is 0 Å². The topological polar surface area (TPSA) is 26.0 Å². The summed E-state index contributed by atoms with van der Waals surface area (Å²) in [5, 5.41) is 0.869. The molecule has 2 heteroatoms. The summed E-state index contributed by atoms with van der Waals surface area (Å²) < 4.78 is 0. The first-order valence-corrected chi connectivity index (χ1v) is 5.25. The van der Waals surface area contributed by atoms with Crippen LogP contribution in [0.25, 0.3) is 0 Å². The first kappa shape index (κ1) is 8.41. The van der Waals surface area contributed by atoms with E-state index in [-0.39, 0.29) is 0 Å². The second-order valence-corrected chi connectivity index (χ2v) is 4.58. The summed E-state index contributed by atoms with van der Waals surface area (Å²) >= 11 is 2.08. The Bertz CT molecular complexity index is 93.3. The molecule has 0 aromatic carbocycles. The molecular weight excluding hydrogens is 142 g/mol. The van der Waals surface area contributed by atoms with Crippen molar-refractivity contribution in [2.45, 2.75) is 43.9 Å². The second kappa shape index (κ2) is 4.24. The van der Waals surface area contributed by atoms with E-state index in [1.807, 2.05) is 0 Å². The number of hydrogen-bond acceptors (Lipinski definition) is 2. The lowest BCUT2D eigenvalue weighted by Gasteiger charge is -2.25. The van der Waals surface area contributed by atoms with Crippen molar-refractivity contribution >= 4 is 11.8 Å². The largest absolute Gasteiger partial charge is 0.328 e. The van der Waals surface area contributed by atoms with Crippen LogP contribution in [0, 0.1) is 0 Å². The van der Waals surface area contributed by atoms with Crippen molar-refractivity contribution in [1.82, 2.24) is 0 Å². The van der Waals surface area contributed by atoms with Crippen LogP contribution < -0.4 is 5.73 Å². The Kier molecular flexibility index (Phi) is 3.57. The summed E-state index contributed by atoms with van der Waals surface area (Å²) in [5.41, 5.74) is 5.84. The fourth-order valence-corrected chi connectivity index (χ4v) is 2.76. The second-order valence-electron chi connectivity index (χ2n) is 3.00. The Hall–Kier alpha value is 0.310. The molecule has 0 radical (unpaired) electrons. The average molecular weight is 159 g/mol. The Morgan fingerprint density at radius 3 is 2.90 bits per heavy atom. The molecule has 1 fully saturated rings. The van der Waals surface area contributed by atoms with Crippen molar-refractivity contribution < 1.29 is 0 Å². The SMILES string of the molecule is CCS[C@H]1CCC[C@H](N)C1. The molecule has 0 aromatic heterocycles. The Balaban J connectivity index is 2.18. The van der Waals surface area contributed by atoms with Gasteiger partial charge in [0, 0.05) is 11.3 Å². The zero-order valence-electron chi connectivity index (χ0n) is 6.68. The van der Waals surface area contributed by atoms with E-state index in [0.717, 1.165) is 5.25 Å². The molecule has 0 aliphatic heterocycles. The molecule has 2 N–H and O–H groups in total. The van der Waals surface area contributed by atoms with E-state index in [1.165, 1.54) is 31.4 Å². The van der Waals surface area contributed by atoms with Gasteiger partial charge in [0.25, 0.3) is 0 Å². The van der Waals surface area contributed by atoms with E-state index in [9.17, 15) is 0 Å². The minimum absolute atomic E-state index is 0.498. The lowest BCUT2D eigenvalue weighted by atomic mass is 9.96. The van der Waals surface area contributed by atoms with Crippen LogP contribution in [0.5, 0.6) is 0 Å². The van der Waals surface area contributed by atoms with Gasteiger partial charge in [-0.2, -0.15) is 11.8 Å². The van der Waals surface area contributed by atoms with E-state index in [0.29, 0.717) is 6.04 Å². The summed E-state index contributed by atoms with van der Waals surface area (Å²) in [7, 11) is 0. The monoisotopic (exact) mass is 159 g/mol. The maximum Gasteiger partial charge on any atom is 0.00616 e. The number of hydrogen-bond donors (Lipinski definition) is 1. The lowest BCUT2D eigenvalue weighted by molar-refractivity contribution is 0.451. The first-order valence-electron chi connectivity index (χ1n) is 4.20. The molecular formula is C8H17NS. The highest BCUT2D eigenvalue weighted by Crippen LogP contribution is 2.27. The summed E-state index contributed by atoms with van der Waals surface area (Å²) in [4.78, 5) is 0. The van der Waals surface area contributed by atoms with Gasteiger partial charge in [-0.25, -0.2) is 0 Å². The first-order chi connectivity index (χ1) is 4.83. The fraction of sp³-hybridized carbons (Fsp3) is 1.00. The predicted molar refractivity (Wildman–Crippen MR) is 48.4 cm³/mol. The fourth-order valence-electron chi connectivity index (χ4n) is 1.57. The molecule has 1 rings (SSSR count). The number of thioether (sulfide) groups is 1. The van der Waals surface area contributed by atoms with Crippen LogP contribution in [0.3, 0.4) is 0 Å². The van der Waals surface area contributed by atoms with Crippen LogP contribution in [-0.4, -0.2) is 17.0 Å². The Morgan fingerprint density at radius 1 is 1.50 bits per heavy atom. The van der Waals surface area contributed by atoms with Gasteiger partial charge in [-0.3, -0.25) is 0 Å². The van der Waals surface area contributed by atoms with Crippen molar-refractivity contribution in [3.63, 3.8) is 0 Å². The zero-order valence-corrected chi connectivity index (χ0v) is 7.49. The third-order valence-electron chi connectivity index (χ3n) is 2.07. The molecule has 0 saturated heterocycles. The molecule has 0 heterocycles. The molecule has 2 atom stereocenters. The van der Waals surface area contributed by atoms with Crippen LogP contribution in [0.4, 0.5) is 0 Å². The number of rotatable bonds is 2. The predicted octanol–water partition coefficient (Wildman–Crippen LogP) is 2.01. The molecule has 10 heavy (non-hydrogen) atoms. The van der Waals surface area contributed by atoms with Gasteiger partial charge in [-0.1, -0.05) is 13.3 Å². The van der Waals surface area contributed by atoms with Crippen molar-refractivity contribution in [3.8, 4) is 0 Å². The van der Waals surface area contributed by atoms with E-state index in [4.69, 9.17) is 5.73 Å². The highest BCUT2D eigenvalue weighted by molar-refractivity contribution is 7.99. The van der Waals surface area contributed by atoms with Gasteiger partial charge in [0.2, 0.25) is 0 Å². The lowest BCUT2D eigenvalue weighted by Crippen LogP contribution is -2.29. The van der Waals surface area contributed by atoms with Crippen LogP contribution in [0.1, 0.15) is 32.6 Å². The van der Waals surface area contributed by atoms with Crippen molar-refractivity contribution in [2.24, 2.45) is 5.73 Å². The molecule has 0 amide bonds. The van der Waals surface area contributed by atoms with Crippen LogP contribution in [-0.2, 0) is 0 Å². The van der Waals surface area contributed by atoms with Crippen LogP contribution in [0.2, 0.25) is 0 Å². The van der Waals surface area contributed by atoms with Gasteiger partial charge in [0.05, 0.1) is 0 Å². The summed E-state index contributed by atoms with van der Waals surface area (Å²) in [6.45, 7) is 2.23. The average Bonchev–Trinajstić information content (AvgIpc) is 1.88. The molecule has 60 valence electrons. The van der Waals surface area contributed by atoms with E-state index >= 15 is 0 Å². The molecule has 1 aliphatic carbocycles. The van der Waals surface area contributed by atoms with Crippen molar-refractivity contribution in [3.05, 3.63) is 0 Å². The van der Waals surface area contributed by atoms with Gasteiger partial charge in [-0.15, -0.1) is 0 Å². The van der Waals surface area contributed by atoms with Crippen LogP contribution in [0.15, 0.2) is 0 Å². The summed E-state index contributed by atoms with van der Waals surface area (Å²) in [6.07, 6.45) is 5.24. The molecule has 0 bridgehead atoms. The normalized spacial score (nSPS) is 34.2. The third kappa shape index (κ3) is 2.51. The quantitative estimate of drug-likeness (QED) is 0.667. The van der Waals surface area contributed by atoms with E-state index < -0.39 is 0 Å². The van der Waals surface area contributed by atoms with Gasteiger partial charge in [0.15, 0.2) is 0 Å². The zero-order chi connectivity index (χ0) is 7.40. The van der Waals surface area contributed by atoms with Gasteiger partial charge < -0.3 is 5.73 Å². The maximum atomic E-state index is 5.84. The Labute approximate surface area is 67.8 Å². The van der Waals surface area contributed by atoms with E-state index in [2.05, 4.69) is 18.7 Å². The highest BCUT2D eigenvalue weighted by atomic mass is 32.2. The molecule has 1 nitrogen and oxygen atoms in total. The molecule has 0 unspecified atom stereocenters. The third-order valence-corrected chi connectivity index (χ3v) is 3.30.